The van der Waals surface area contributed by atoms with Crippen molar-refractivity contribution in [1.82, 2.24) is 5.32 Å². The molecule has 116 valence electrons. The number of hydrogen-bond acceptors (Lipinski definition) is 3. The number of carbonyl (C=O) groups excluding carboxylic acids is 1. The third-order valence-electron chi connectivity index (χ3n) is 3.02. The summed E-state index contributed by atoms with van der Waals surface area (Å²) in [4.78, 5) is 21.2. The van der Waals surface area contributed by atoms with E-state index in [4.69, 9.17) is 10.8 Å². The van der Waals surface area contributed by atoms with Crippen molar-refractivity contribution in [3.63, 3.8) is 0 Å². The van der Waals surface area contributed by atoms with E-state index in [9.17, 15) is 9.59 Å². The molecule has 5 nitrogen and oxygen atoms in total. The summed E-state index contributed by atoms with van der Waals surface area (Å²) in [5, 5.41) is 11.3. The first kappa shape index (κ1) is 18.6. The molecule has 0 heterocycles. The Bertz CT molecular complexity index is 303. The second-order valence-electron chi connectivity index (χ2n) is 5.02. The molecule has 0 bridgehead atoms. The molecule has 0 rings (SSSR count). The zero-order chi connectivity index (χ0) is 15.2. The molecule has 1 amide bonds. The van der Waals surface area contributed by atoms with Crippen molar-refractivity contribution in [2.45, 2.75) is 64.3 Å². The topological polar surface area (TPSA) is 92.4 Å². The van der Waals surface area contributed by atoms with Crippen LogP contribution in [0.4, 0.5) is 0 Å². The molecule has 0 spiro atoms. The minimum atomic E-state index is -0.705. The molecule has 1 unspecified atom stereocenters. The van der Waals surface area contributed by atoms with Gasteiger partial charge in [-0.25, -0.2) is 0 Å². The first-order chi connectivity index (χ1) is 9.56. The van der Waals surface area contributed by atoms with E-state index < -0.39 is 5.97 Å². The Kier molecular flexibility index (Phi) is 11.8. The first-order valence-corrected chi connectivity index (χ1v) is 7.42. The Hall–Kier alpha value is -1.36. The highest BCUT2D eigenvalue weighted by molar-refractivity contribution is 5.73. The van der Waals surface area contributed by atoms with E-state index in [1.54, 1.807) is 0 Å². The van der Waals surface area contributed by atoms with Gasteiger partial charge >= 0.3 is 5.97 Å². The summed E-state index contributed by atoms with van der Waals surface area (Å²) in [6.07, 6.45) is 11.6. The van der Waals surface area contributed by atoms with Crippen LogP contribution in [0.15, 0.2) is 12.2 Å². The van der Waals surface area contributed by atoms with Crippen molar-refractivity contribution in [3.05, 3.63) is 12.2 Å². The van der Waals surface area contributed by atoms with Gasteiger partial charge in [-0.15, -0.1) is 0 Å². The lowest BCUT2D eigenvalue weighted by atomic mass is 10.1. The zero-order valence-corrected chi connectivity index (χ0v) is 12.4. The number of carboxylic acid groups (broad SMARTS) is 1. The minimum Gasteiger partial charge on any atom is -0.481 e. The molecule has 0 aliphatic carbocycles. The summed E-state index contributed by atoms with van der Waals surface area (Å²) in [6.45, 7) is 1.90. The average Bonchev–Trinajstić information content (AvgIpc) is 2.38. The Morgan fingerprint density at radius 3 is 2.30 bits per heavy atom. The van der Waals surface area contributed by atoms with Crippen LogP contribution in [0, 0.1) is 0 Å². The fraction of sp³-hybridized carbons (Fsp3) is 0.733. The number of carboxylic acids is 1. The van der Waals surface area contributed by atoms with Gasteiger partial charge in [0.2, 0.25) is 5.91 Å². The highest BCUT2D eigenvalue weighted by Gasteiger charge is 2.01. The van der Waals surface area contributed by atoms with Crippen LogP contribution in [0.25, 0.3) is 0 Å². The van der Waals surface area contributed by atoms with Gasteiger partial charge in [0.25, 0.3) is 0 Å². The van der Waals surface area contributed by atoms with Crippen LogP contribution < -0.4 is 11.1 Å². The summed E-state index contributed by atoms with van der Waals surface area (Å²) in [6, 6.07) is -0.0662. The molecule has 0 aromatic heterocycles. The predicted octanol–water partition coefficient (Wildman–Crippen LogP) is 2.21. The van der Waals surface area contributed by atoms with E-state index in [1.807, 2.05) is 6.08 Å². The number of allylic oxidation sites excluding steroid dienone is 1. The highest BCUT2D eigenvalue weighted by atomic mass is 16.4. The van der Waals surface area contributed by atoms with Crippen LogP contribution in [0.2, 0.25) is 0 Å². The van der Waals surface area contributed by atoms with Crippen molar-refractivity contribution >= 4 is 11.9 Å². The molecular weight excluding hydrogens is 256 g/mol. The lowest BCUT2D eigenvalue weighted by molar-refractivity contribution is -0.137. The van der Waals surface area contributed by atoms with Crippen molar-refractivity contribution in [3.8, 4) is 0 Å². The van der Waals surface area contributed by atoms with E-state index in [0.717, 1.165) is 44.9 Å². The van der Waals surface area contributed by atoms with Crippen LogP contribution in [-0.2, 0) is 9.59 Å². The maximum atomic E-state index is 10.9. The number of unbranched alkanes of at least 4 members (excludes halogenated alkanes) is 6. The molecule has 0 aliphatic heterocycles. The molecule has 0 aromatic rings. The maximum Gasteiger partial charge on any atom is 0.303 e. The van der Waals surface area contributed by atoms with E-state index in [2.05, 4.69) is 11.4 Å². The SMILES string of the molecule is CC(=O)NC(/C=C/CCCCCCCCC(=O)O)CN. The lowest BCUT2D eigenvalue weighted by Gasteiger charge is -2.10. The second kappa shape index (κ2) is 12.7. The quantitative estimate of drug-likeness (QED) is 0.378. The van der Waals surface area contributed by atoms with Gasteiger partial charge in [-0.3, -0.25) is 9.59 Å². The predicted molar refractivity (Wildman–Crippen MR) is 80.4 cm³/mol. The van der Waals surface area contributed by atoms with Crippen LogP contribution >= 0.6 is 0 Å². The smallest absolute Gasteiger partial charge is 0.303 e. The van der Waals surface area contributed by atoms with E-state index in [-0.39, 0.29) is 18.4 Å². The maximum absolute atomic E-state index is 10.9. The molecular formula is C15H28N2O3. The summed E-state index contributed by atoms with van der Waals surface area (Å²) in [5.74, 6) is -0.768. The third kappa shape index (κ3) is 13.1. The van der Waals surface area contributed by atoms with E-state index in [0.29, 0.717) is 6.54 Å². The molecule has 0 saturated carbocycles. The Morgan fingerprint density at radius 2 is 1.75 bits per heavy atom. The Labute approximate surface area is 121 Å². The number of nitrogens with two attached hydrogens (primary N) is 1. The van der Waals surface area contributed by atoms with Crippen LogP contribution in [0.5, 0.6) is 0 Å². The number of rotatable bonds is 12. The fourth-order valence-corrected chi connectivity index (χ4v) is 1.95. The van der Waals surface area contributed by atoms with Gasteiger partial charge in [0.1, 0.15) is 0 Å². The standard InChI is InChI=1S/C15H28N2O3/c1-13(18)17-14(12-16)10-8-6-4-2-3-5-7-9-11-15(19)20/h8,10,14H,2-7,9,11-12,16H2,1H3,(H,17,18)(H,19,20)/b10-8+. The van der Waals surface area contributed by atoms with Crippen LogP contribution in [-0.4, -0.2) is 29.6 Å². The molecule has 0 aromatic carbocycles. The number of carbonyl (C=O) groups is 2. The van der Waals surface area contributed by atoms with Crippen molar-refractivity contribution in [2.75, 3.05) is 6.54 Å². The fourth-order valence-electron chi connectivity index (χ4n) is 1.95. The van der Waals surface area contributed by atoms with Gasteiger partial charge in [-0.05, 0) is 19.3 Å². The second-order valence-corrected chi connectivity index (χ2v) is 5.02. The number of nitrogens with one attached hydrogen (secondary N) is 1. The molecule has 1 atom stereocenters. The van der Waals surface area contributed by atoms with Crippen molar-refractivity contribution in [1.29, 1.82) is 0 Å². The largest absolute Gasteiger partial charge is 0.481 e. The van der Waals surface area contributed by atoms with Gasteiger partial charge < -0.3 is 16.2 Å². The molecule has 0 saturated heterocycles. The molecule has 0 aliphatic rings. The van der Waals surface area contributed by atoms with Crippen molar-refractivity contribution < 1.29 is 14.7 Å². The van der Waals surface area contributed by atoms with Gasteiger partial charge in [0.15, 0.2) is 0 Å². The third-order valence-corrected chi connectivity index (χ3v) is 3.02. The molecule has 5 heteroatoms. The normalized spacial score (nSPS) is 12.5. The molecule has 4 N–H and O–H groups in total. The van der Waals surface area contributed by atoms with Gasteiger partial charge in [0.05, 0.1) is 6.04 Å². The molecule has 20 heavy (non-hydrogen) atoms. The highest BCUT2D eigenvalue weighted by Crippen LogP contribution is 2.09. The Morgan fingerprint density at radius 1 is 1.15 bits per heavy atom. The Balaban J connectivity index is 3.42. The molecule has 0 fully saturated rings. The summed E-state index contributed by atoms with van der Waals surface area (Å²) < 4.78 is 0. The first-order valence-electron chi connectivity index (χ1n) is 7.42. The van der Waals surface area contributed by atoms with Crippen molar-refractivity contribution in [2.24, 2.45) is 5.73 Å². The van der Waals surface area contributed by atoms with Crippen LogP contribution in [0.1, 0.15) is 58.3 Å². The average molecular weight is 284 g/mol. The lowest BCUT2D eigenvalue weighted by Crippen LogP contribution is -2.37. The summed E-state index contributed by atoms with van der Waals surface area (Å²) in [5.41, 5.74) is 5.54. The zero-order valence-electron chi connectivity index (χ0n) is 12.4. The van der Waals surface area contributed by atoms with Gasteiger partial charge in [0, 0.05) is 19.9 Å². The van der Waals surface area contributed by atoms with E-state index in [1.165, 1.54) is 6.92 Å². The number of amides is 1. The van der Waals surface area contributed by atoms with Gasteiger partial charge in [-0.1, -0.05) is 37.8 Å². The van der Waals surface area contributed by atoms with Crippen LogP contribution in [0.3, 0.4) is 0 Å². The van der Waals surface area contributed by atoms with E-state index >= 15 is 0 Å². The summed E-state index contributed by atoms with van der Waals surface area (Å²) in [7, 11) is 0. The minimum absolute atomic E-state index is 0.0635. The molecule has 0 radical (unpaired) electrons. The number of aliphatic carboxylic acids is 1. The summed E-state index contributed by atoms with van der Waals surface area (Å²) >= 11 is 0. The van der Waals surface area contributed by atoms with Gasteiger partial charge in [-0.2, -0.15) is 0 Å². The number of hydrogen-bond donors (Lipinski definition) is 3. The monoisotopic (exact) mass is 284 g/mol.